The van der Waals surface area contributed by atoms with Crippen molar-refractivity contribution in [3.05, 3.63) is 58.0 Å². The molecule has 1 N–H and O–H groups in total. The molecule has 0 bridgehead atoms. The topological polar surface area (TPSA) is 76.5 Å². The smallest absolute Gasteiger partial charge is 0.276 e. The summed E-state index contributed by atoms with van der Waals surface area (Å²) < 4.78 is 6.20. The fraction of sp³-hybridized carbons (Fsp3) is 0.476. The molecular formula is C21H28N4O3. The Morgan fingerprint density at radius 3 is 2.75 bits per heavy atom. The van der Waals surface area contributed by atoms with E-state index in [0.29, 0.717) is 18.8 Å². The van der Waals surface area contributed by atoms with Crippen molar-refractivity contribution < 1.29 is 9.53 Å². The number of hydrogen-bond donors (Lipinski definition) is 1. The molecule has 150 valence electrons. The first-order chi connectivity index (χ1) is 13.5. The number of nitrogens with one attached hydrogen (secondary N) is 1. The fourth-order valence-corrected chi connectivity index (χ4v) is 3.49. The molecule has 2 heterocycles. The number of carbonyl (C=O) groups is 1. The van der Waals surface area contributed by atoms with Crippen LogP contribution in [0, 0.1) is 5.92 Å². The molecule has 28 heavy (non-hydrogen) atoms. The zero-order chi connectivity index (χ0) is 19.9. The highest BCUT2D eigenvalue weighted by molar-refractivity contribution is 6.02. The highest BCUT2D eigenvalue weighted by Crippen LogP contribution is 2.19. The maximum Gasteiger partial charge on any atom is 0.276 e. The SMILES string of the molecule is COCCn1nc(C(=O)Nc2ccc(CN3CCC[C@@H](C)C3)cc2)ccc1=O. The van der Waals surface area contributed by atoms with Crippen LogP contribution in [0.1, 0.15) is 35.8 Å². The largest absolute Gasteiger partial charge is 0.383 e. The average Bonchev–Trinajstić information content (AvgIpc) is 2.69. The van der Waals surface area contributed by atoms with Crippen LogP contribution >= 0.6 is 0 Å². The number of ether oxygens (including phenoxy) is 1. The van der Waals surface area contributed by atoms with Gasteiger partial charge >= 0.3 is 0 Å². The Morgan fingerprint density at radius 2 is 2.04 bits per heavy atom. The number of nitrogens with zero attached hydrogens (tertiary/aromatic N) is 3. The van der Waals surface area contributed by atoms with E-state index in [-0.39, 0.29) is 17.2 Å². The van der Waals surface area contributed by atoms with E-state index < -0.39 is 0 Å². The summed E-state index contributed by atoms with van der Waals surface area (Å²) in [7, 11) is 1.55. The van der Waals surface area contributed by atoms with Crippen LogP contribution in [-0.2, 0) is 17.8 Å². The van der Waals surface area contributed by atoms with Gasteiger partial charge in [-0.25, -0.2) is 4.68 Å². The summed E-state index contributed by atoms with van der Waals surface area (Å²) in [6.45, 7) is 6.19. The molecule has 1 saturated heterocycles. The van der Waals surface area contributed by atoms with E-state index in [1.807, 2.05) is 24.3 Å². The third-order valence-corrected chi connectivity index (χ3v) is 4.97. The van der Waals surface area contributed by atoms with Crippen molar-refractivity contribution in [1.29, 1.82) is 0 Å². The molecule has 1 aromatic carbocycles. The van der Waals surface area contributed by atoms with E-state index in [2.05, 4.69) is 22.2 Å². The Kier molecular flexibility index (Phi) is 6.95. The lowest BCUT2D eigenvalue weighted by Crippen LogP contribution is -2.33. The molecule has 1 aromatic heterocycles. The maximum atomic E-state index is 12.5. The third-order valence-electron chi connectivity index (χ3n) is 4.97. The lowest BCUT2D eigenvalue weighted by Gasteiger charge is -2.30. The molecule has 1 fully saturated rings. The van der Waals surface area contributed by atoms with E-state index in [0.717, 1.165) is 25.6 Å². The maximum absolute atomic E-state index is 12.5. The van der Waals surface area contributed by atoms with E-state index >= 15 is 0 Å². The molecular weight excluding hydrogens is 356 g/mol. The van der Waals surface area contributed by atoms with Gasteiger partial charge in [0.1, 0.15) is 5.69 Å². The van der Waals surface area contributed by atoms with Gasteiger partial charge in [-0.3, -0.25) is 14.5 Å². The van der Waals surface area contributed by atoms with Crippen molar-refractivity contribution in [2.75, 3.05) is 32.1 Å². The van der Waals surface area contributed by atoms with Crippen molar-refractivity contribution in [2.45, 2.75) is 32.9 Å². The standard InChI is InChI=1S/C21H28N4O3/c1-16-4-3-11-24(14-16)15-17-5-7-18(8-6-17)22-21(27)19-9-10-20(26)25(23-19)12-13-28-2/h5-10,16H,3-4,11-15H2,1-2H3,(H,22,27)/t16-/m1/s1. The normalized spacial score (nSPS) is 17.4. The summed E-state index contributed by atoms with van der Waals surface area (Å²) >= 11 is 0. The quantitative estimate of drug-likeness (QED) is 0.793. The number of carbonyl (C=O) groups excluding carboxylic acids is 1. The second-order valence-corrected chi connectivity index (χ2v) is 7.41. The van der Waals surface area contributed by atoms with Gasteiger partial charge in [0.25, 0.3) is 11.5 Å². The van der Waals surface area contributed by atoms with Gasteiger partial charge in [0.05, 0.1) is 13.2 Å². The van der Waals surface area contributed by atoms with Gasteiger partial charge in [0, 0.05) is 32.0 Å². The summed E-state index contributed by atoms with van der Waals surface area (Å²) in [5.41, 5.74) is 1.88. The van der Waals surface area contributed by atoms with Crippen molar-refractivity contribution >= 4 is 11.6 Å². The van der Waals surface area contributed by atoms with Crippen molar-refractivity contribution in [2.24, 2.45) is 5.92 Å². The van der Waals surface area contributed by atoms with E-state index in [9.17, 15) is 9.59 Å². The van der Waals surface area contributed by atoms with E-state index in [1.54, 1.807) is 7.11 Å². The molecule has 1 aliphatic heterocycles. The second-order valence-electron chi connectivity index (χ2n) is 7.41. The first-order valence-electron chi connectivity index (χ1n) is 9.75. The van der Waals surface area contributed by atoms with Crippen LogP contribution in [0.15, 0.2) is 41.2 Å². The average molecular weight is 384 g/mol. The lowest BCUT2D eigenvalue weighted by atomic mass is 10.00. The Hall–Kier alpha value is -2.51. The van der Waals surface area contributed by atoms with Crippen LogP contribution in [0.3, 0.4) is 0 Å². The molecule has 2 aromatic rings. The van der Waals surface area contributed by atoms with E-state index in [1.165, 1.54) is 35.2 Å². The zero-order valence-electron chi connectivity index (χ0n) is 16.6. The van der Waals surface area contributed by atoms with Crippen molar-refractivity contribution in [3.8, 4) is 0 Å². The number of methoxy groups -OCH3 is 1. The van der Waals surface area contributed by atoms with Crippen LogP contribution in [0.5, 0.6) is 0 Å². The summed E-state index contributed by atoms with van der Waals surface area (Å²) in [5, 5.41) is 6.95. The van der Waals surface area contributed by atoms with Gasteiger partial charge in [0.2, 0.25) is 0 Å². The predicted octanol–water partition coefficient (Wildman–Crippen LogP) is 2.37. The van der Waals surface area contributed by atoms with Gasteiger partial charge in [-0.05, 0) is 49.1 Å². The second kappa shape index (κ2) is 9.61. The third kappa shape index (κ3) is 5.50. The van der Waals surface area contributed by atoms with Gasteiger partial charge in [-0.1, -0.05) is 19.1 Å². The molecule has 7 heteroatoms. The first-order valence-corrected chi connectivity index (χ1v) is 9.75. The molecule has 0 saturated carbocycles. The van der Waals surface area contributed by atoms with Crippen LogP contribution in [0.2, 0.25) is 0 Å². The molecule has 1 amide bonds. The van der Waals surface area contributed by atoms with Crippen LogP contribution in [0.4, 0.5) is 5.69 Å². The number of anilines is 1. The molecule has 1 atom stereocenters. The Morgan fingerprint density at radius 1 is 1.25 bits per heavy atom. The fourth-order valence-electron chi connectivity index (χ4n) is 3.49. The number of benzene rings is 1. The number of likely N-dealkylation sites (tertiary alicyclic amines) is 1. The number of piperidine rings is 1. The molecule has 0 unspecified atom stereocenters. The van der Waals surface area contributed by atoms with Crippen LogP contribution in [-0.4, -0.2) is 47.4 Å². The monoisotopic (exact) mass is 384 g/mol. The van der Waals surface area contributed by atoms with Crippen molar-refractivity contribution in [3.63, 3.8) is 0 Å². The Bertz CT molecular complexity index is 847. The van der Waals surface area contributed by atoms with Crippen LogP contribution < -0.4 is 10.9 Å². The number of amides is 1. The number of hydrogen-bond acceptors (Lipinski definition) is 5. The summed E-state index contributed by atoms with van der Waals surface area (Å²) in [6.07, 6.45) is 2.57. The zero-order valence-corrected chi connectivity index (χ0v) is 16.6. The minimum Gasteiger partial charge on any atom is -0.383 e. The summed E-state index contributed by atoms with van der Waals surface area (Å²) in [6, 6.07) is 10.7. The summed E-state index contributed by atoms with van der Waals surface area (Å²) in [4.78, 5) is 26.7. The van der Waals surface area contributed by atoms with Crippen LogP contribution in [0.25, 0.3) is 0 Å². The minimum absolute atomic E-state index is 0.196. The molecule has 0 aliphatic carbocycles. The number of aromatic nitrogens is 2. The van der Waals surface area contributed by atoms with E-state index in [4.69, 9.17) is 4.74 Å². The minimum atomic E-state index is -0.344. The summed E-state index contributed by atoms with van der Waals surface area (Å²) in [5.74, 6) is 0.413. The van der Waals surface area contributed by atoms with Gasteiger partial charge in [0.15, 0.2) is 0 Å². The van der Waals surface area contributed by atoms with Gasteiger partial charge in [-0.15, -0.1) is 0 Å². The Balaban J connectivity index is 1.60. The first kappa shape index (κ1) is 20.2. The molecule has 3 rings (SSSR count). The lowest BCUT2D eigenvalue weighted by molar-refractivity contribution is 0.101. The number of rotatable bonds is 7. The van der Waals surface area contributed by atoms with Gasteiger partial charge < -0.3 is 10.1 Å². The highest BCUT2D eigenvalue weighted by Gasteiger charge is 2.16. The van der Waals surface area contributed by atoms with Crippen molar-refractivity contribution in [1.82, 2.24) is 14.7 Å². The molecule has 0 radical (unpaired) electrons. The molecule has 7 nitrogen and oxygen atoms in total. The predicted molar refractivity (Wildman–Crippen MR) is 108 cm³/mol. The molecule has 1 aliphatic rings. The van der Waals surface area contributed by atoms with Gasteiger partial charge in [-0.2, -0.15) is 5.10 Å². The highest BCUT2D eigenvalue weighted by atomic mass is 16.5. The molecule has 0 spiro atoms. The Labute approximate surface area is 165 Å².